The molecule has 21 heavy (non-hydrogen) atoms. The van der Waals surface area contributed by atoms with Crippen molar-refractivity contribution < 1.29 is 14.7 Å². The van der Waals surface area contributed by atoms with Gasteiger partial charge in [-0.05, 0) is 18.2 Å². The summed E-state index contributed by atoms with van der Waals surface area (Å²) in [6.45, 7) is 6.59. The average Bonchev–Trinajstić information content (AvgIpc) is 2.76. The number of rotatable bonds is 5. The summed E-state index contributed by atoms with van der Waals surface area (Å²) in [4.78, 5) is 26.7. The number of amides is 1. The number of fused-ring (bicyclic) bond motifs is 1. The van der Waals surface area contributed by atoms with Gasteiger partial charge in [0.25, 0.3) is 0 Å². The smallest absolute Gasteiger partial charge is 0.335 e. The number of aromatic nitrogens is 2. The fourth-order valence-electron chi connectivity index (χ4n) is 2.29. The molecule has 0 atom stereocenters. The van der Waals surface area contributed by atoms with Crippen LogP contribution in [0.4, 0.5) is 0 Å². The second kappa shape index (κ2) is 5.95. The van der Waals surface area contributed by atoms with E-state index in [9.17, 15) is 9.59 Å². The van der Waals surface area contributed by atoms with Gasteiger partial charge in [-0.25, -0.2) is 9.78 Å². The van der Waals surface area contributed by atoms with E-state index in [1.165, 1.54) is 6.92 Å². The molecule has 0 bridgehead atoms. The molecule has 1 amide bonds. The Bertz CT molecular complexity index is 689. The standard InChI is InChI=1S/C15H19N3O3/c1-9(2)14-17-12-5-4-11(15(20)21)8-13(12)18(14)7-6-16-10(3)19/h4-5,8-9H,6-7H2,1-3H3,(H,16,19)(H,20,21). The van der Waals surface area contributed by atoms with Gasteiger partial charge >= 0.3 is 5.97 Å². The van der Waals surface area contributed by atoms with E-state index in [-0.39, 0.29) is 17.4 Å². The minimum Gasteiger partial charge on any atom is -0.478 e. The molecule has 0 fully saturated rings. The zero-order valence-corrected chi connectivity index (χ0v) is 12.4. The van der Waals surface area contributed by atoms with E-state index in [0.29, 0.717) is 13.1 Å². The van der Waals surface area contributed by atoms with Gasteiger partial charge in [-0.15, -0.1) is 0 Å². The number of aromatic carboxylic acids is 1. The minimum absolute atomic E-state index is 0.0863. The molecule has 0 saturated heterocycles. The highest BCUT2D eigenvalue weighted by molar-refractivity contribution is 5.92. The van der Waals surface area contributed by atoms with Gasteiger partial charge in [-0.2, -0.15) is 0 Å². The van der Waals surface area contributed by atoms with E-state index >= 15 is 0 Å². The van der Waals surface area contributed by atoms with Crippen LogP contribution in [-0.2, 0) is 11.3 Å². The van der Waals surface area contributed by atoms with E-state index in [4.69, 9.17) is 5.11 Å². The van der Waals surface area contributed by atoms with Crippen LogP contribution in [-0.4, -0.2) is 33.1 Å². The maximum absolute atomic E-state index is 11.1. The van der Waals surface area contributed by atoms with Gasteiger partial charge in [0.2, 0.25) is 5.91 Å². The van der Waals surface area contributed by atoms with E-state index in [1.807, 2.05) is 18.4 Å². The van der Waals surface area contributed by atoms with Crippen molar-refractivity contribution in [2.75, 3.05) is 6.54 Å². The number of hydrogen-bond acceptors (Lipinski definition) is 3. The minimum atomic E-state index is -0.961. The Hall–Kier alpha value is -2.37. The van der Waals surface area contributed by atoms with E-state index in [1.54, 1.807) is 18.2 Å². The van der Waals surface area contributed by atoms with Crippen LogP contribution in [0.3, 0.4) is 0 Å². The number of nitrogens with zero attached hydrogens (tertiary/aromatic N) is 2. The molecule has 6 heteroatoms. The van der Waals surface area contributed by atoms with Crippen LogP contribution in [0.15, 0.2) is 18.2 Å². The topological polar surface area (TPSA) is 84.2 Å². The zero-order valence-electron chi connectivity index (χ0n) is 12.4. The lowest BCUT2D eigenvalue weighted by atomic mass is 10.2. The first-order valence-electron chi connectivity index (χ1n) is 6.88. The lowest BCUT2D eigenvalue weighted by Crippen LogP contribution is -2.25. The molecule has 1 aromatic carbocycles. The van der Waals surface area contributed by atoms with Crippen molar-refractivity contribution >= 4 is 22.9 Å². The van der Waals surface area contributed by atoms with Crippen molar-refractivity contribution in [1.29, 1.82) is 0 Å². The van der Waals surface area contributed by atoms with Crippen molar-refractivity contribution in [3.63, 3.8) is 0 Å². The number of benzene rings is 1. The number of nitrogens with one attached hydrogen (secondary N) is 1. The maximum atomic E-state index is 11.1. The summed E-state index contributed by atoms with van der Waals surface area (Å²) in [5.74, 6) is 0.0512. The Kier molecular flexibility index (Phi) is 4.26. The SMILES string of the molecule is CC(=O)NCCn1c(C(C)C)nc2ccc(C(=O)O)cc21. The summed E-state index contributed by atoms with van der Waals surface area (Å²) < 4.78 is 1.97. The Morgan fingerprint density at radius 1 is 1.38 bits per heavy atom. The number of carbonyl (C=O) groups excluding carboxylic acids is 1. The summed E-state index contributed by atoms with van der Waals surface area (Å²) in [6, 6.07) is 4.91. The van der Waals surface area contributed by atoms with Crippen molar-refractivity contribution in [3.8, 4) is 0 Å². The molecule has 0 spiro atoms. The van der Waals surface area contributed by atoms with Crippen LogP contribution in [0, 0.1) is 0 Å². The fourth-order valence-corrected chi connectivity index (χ4v) is 2.29. The summed E-state index contributed by atoms with van der Waals surface area (Å²) in [6.07, 6.45) is 0. The predicted molar refractivity (Wildman–Crippen MR) is 79.5 cm³/mol. The summed E-state index contributed by atoms with van der Waals surface area (Å²) in [5, 5.41) is 11.9. The lowest BCUT2D eigenvalue weighted by molar-refractivity contribution is -0.118. The third-order valence-corrected chi connectivity index (χ3v) is 3.25. The summed E-state index contributed by atoms with van der Waals surface area (Å²) in [5.41, 5.74) is 1.79. The summed E-state index contributed by atoms with van der Waals surface area (Å²) >= 11 is 0. The quantitative estimate of drug-likeness (QED) is 0.881. The van der Waals surface area contributed by atoms with Crippen molar-refractivity contribution in [3.05, 3.63) is 29.6 Å². The van der Waals surface area contributed by atoms with E-state index in [2.05, 4.69) is 10.3 Å². The van der Waals surface area contributed by atoms with Crippen molar-refractivity contribution in [1.82, 2.24) is 14.9 Å². The first-order valence-corrected chi connectivity index (χ1v) is 6.88. The average molecular weight is 289 g/mol. The Labute approximate surface area is 122 Å². The van der Waals surface area contributed by atoms with Gasteiger partial charge in [-0.1, -0.05) is 13.8 Å². The largest absolute Gasteiger partial charge is 0.478 e. The Morgan fingerprint density at radius 3 is 2.67 bits per heavy atom. The third kappa shape index (κ3) is 3.21. The second-order valence-corrected chi connectivity index (χ2v) is 5.27. The molecular formula is C15H19N3O3. The molecule has 1 aromatic heterocycles. The molecule has 0 unspecified atom stereocenters. The van der Waals surface area contributed by atoms with Gasteiger partial charge < -0.3 is 15.0 Å². The molecule has 0 aliphatic heterocycles. The highest BCUT2D eigenvalue weighted by atomic mass is 16.4. The van der Waals surface area contributed by atoms with E-state index in [0.717, 1.165) is 16.9 Å². The predicted octanol–water partition coefficient (Wildman–Crippen LogP) is 1.99. The number of imidazole rings is 1. The lowest BCUT2D eigenvalue weighted by Gasteiger charge is -2.11. The first-order chi connectivity index (χ1) is 9.90. The van der Waals surface area contributed by atoms with Crippen LogP contribution in [0.1, 0.15) is 42.9 Å². The van der Waals surface area contributed by atoms with Crippen molar-refractivity contribution in [2.24, 2.45) is 0 Å². The van der Waals surface area contributed by atoms with Gasteiger partial charge in [0.1, 0.15) is 5.82 Å². The summed E-state index contributed by atoms with van der Waals surface area (Å²) in [7, 11) is 0. The van der Waals surface area contributed by atoms with Gasteiger partial charge in [0.15, 0.2) is 0 Å². The second-order valence-electron chi connectivity index (χ2n) is 5.27. The van der Waals surface area contributed by atoms with Crippen LogP contribution in [0.2, 0.25) is 0 Å². The van der Waals surface area contributed by atoms with Crippen LogP contribution in [0.5, 0.6) is 0 Å². The number of carboxylic acids is 1. The van der Waals surface area contributed by atoms with Crippen LogP contribution >= 0.6 is 0 Å². The maximum Gasteiger partial charge on any atom is 0.335 e. The highest BCUT2D eigenvalue weighted by Crippen LogP contribution is 2.22. The number of hydrogen-bond donors (Lipinski definition) is 2. The van der Waals surface area contributed by atoms with Crippen LogP contribution in [0.25, 0.3) is 11.0 Å². The fraction of sp³-hybridized carbons (Fsp3) is 0.400. The van der Waals surface area contributed by atoms with Gasteiger partial charge in [0.05, 0.1) is 16.6 Å². The van der Waals surface area contributed by atoms with Gasteiger partial charge in [0, 0.05) is 25.9 Å². The number of carboxylic acid groups (broad SMARTS) is 1. The molecule has 112 valence electrons. The first kappa shape index (κ1) is 15.0. The molecule has 0 aliphatic carbocycles. The molecule has 0 saturated carbocycles. The van der Waals surface area contributed by atoms with Crippen LogP contribution < -0.4 is 5.32 Å². The molecule has 1 heterocycles. The number of carbonyl (C=O) groups is 2. The Morgan fingerprint density at radius 2 is 2.10 bits per heavy atom. The molecule has 2 aromatic rings. The molecule has 2 rings (SSSR count). The molecule has 6 nitrogen and oxygen atoms in total. The third-order valence-electron chi connectivity index (χ3n) is 3.25. The van der Waals surface area contributed by atoms with Gasteiger partial charge in [-0.3, -0.25) is 4.79 Å². The molecule has 0 radical (unpaired) electrons. The molecule has 2 N–H and O–H groups in total. The van der Waals surface area contributed by atoms with E-state index < -0.39 is 5.97 Å². The zero-order chi connectivity index (χ0) is 15.6. The monoisotopic (exact) mass is 289 g/mol. The molecular weight excluding hydrogens is 270 g/mol. The van der Waals surface area contributed by atoms with Crippen molar-refractivity contribution in [2.45, 2.75) is 33.2 Å². The molecule has 0 aliphatic rings. The Balaban J connectivity index is 2.46. The normalized spacial score (nSPS) is 11.0. The highest BCUT2D eigenvalue weighted by Gasteiger charge is 2.15.